The lowest BCUT2D eigenvalue weighted by Crippen LogP contribution is -3.00. The number of benzene rings is 2. The number of nitrogens with one attached hydrogen (secondary N) is 1. The zero-order chi connectivity index (χ0) is 24.2. The van der Waals surface area contributed by atoms with E-state index in [2.05, 4.69) is 5.32 Å². The number of rotatable bonds is 7. The average Bonchev–Trinajstić information content (AvgIpc) is 3.19. The van der Waals surface area contributed by atoms with Crippen LogP contribution < -0.4 is 31.8 Å². The Labute approximate surface area is 211 Å². The first-order valence-electron chi connectivity index (χ1n) is 10.5. The molecule has 0 saturated carbocycles. The van der Waals surface area contributed by atoms with Gasteiger partial charge >= 0.3 is 6.09 Å². The monoisotopic (exact) mass is 544 g/mol. The van der Waals surface area contributed by atoms with Crippen LogP contribution in [0.1, 0.15) is 12.5 Å². The van der Waals surface area contributed by atoms with Crippen LogP contribution in [0.15, 0.2) is 67.0 Å². The lowest BCUT2D eigenvalue weighted by atomic mass is 10.1. The molecule has 2 amide bonds. The van der Waals surface area contributed by atoms with Crippen molar-refractivity contribution in [3.05, 3.63) is 88.5 Å². The predicted molar refractivity (Wildman–Crippen MR) is 121 cm³/mol. The van der Waals surface area contributed by atoms with Crippen LogP contribution in [0, 0.1) is 15.9 Å². The van der Waals surface area contributed by atoms with Gasteiger partial charge in [-0.2, -0.15) is 0 Å². The number of hydrogen-bond donors (Lipinski definition) is 1. The van der Waals surface area contributed by atoms with Gasteiger partial charge in [-0.3, -0.25) is 19.8 Å². The summed E-state index contributed by atoms with van der Waals surface area (Å²) in [5.74, 6) is -0.716. The molecule has 0 aliphatic carbocycles. The third-order valence-corrected chi connectivity index (χ3v) is 5.41. The van der Waals surface area contributed by atoms with Gasteiger partial charge in [0.2, 0.25) is 5.91 Å². The summed E-state index contributed by atoms with van der Waals surface area (Å²) in [4.78, 5) is 35.1. The topological polar surface area (TPSA) is 106 Å². The number of anilines is 1. The maximum atomic E-state index is 14.9. The van der Waals surface area contributed by atoms with Gasteiger partial charge in [-0.15, -0.1) is 0 Å². The second kappa shape index (κ2) is 11.0. The highest BCUT2D eigenvalue weighted by Crippen LogP contribution is 2.28. The summed E-state index contributed by atoms with van der Waals surface area (Å²) in [5, 5.41) is 13.6. The number of nitro groups is 1. The van der Waals surface area contributed by atoms with E-state index in [4.69, 9.17) is 4.74 Å². The first-order valence-corrected chi connectivity index (χ1v) is 10.5. The largest absolute Gasteiger partial charge is 1.00 e. The van der Waals surface area contributed by atoms with Crippen LogP contribution in [0.4, 0.5) is 20.6 Å². The molecule has 4 rings (SSSR count). The Hall–Kier alpha value is -3.86. The van der Waals surface area contributed by atoms with Crippen LogP contribution >= 0.6 is 0 Å². The molecule has 2 aromatic carbocycles. The molecule has 1 fully saturated rings. The van der Waals surface area contributed by atoms with Crippen molar-refractivity contribution in [1.29, 1.82) is 0 Å². The maximum Gasteiger partial charge on any atom is 0.414 e. The summed E-state index contributed by atoms with van der Waals surface area (Å²) in [7, 11) is 0. The molecule has 1 aliphatic heterocycles. The highest BCUT2D eigenvalue weighted by molar-refractivity contribution is 5.90. The summed E-state index contributed by atoms with van der Waals surface area (Å²) in [6.07, 6.45) is 2.44. The SMILES string of the molecule is CC(=O)NCC1CN(c2ccc(-c3cc[n+](Cc4cccc([N+](=O)[O-])c4)cc3)c(F)c2)C(=O)O1.[Br-]. The molecule has 35 heavy (non-hydrogen) atoms. The van der Waals surface area contributed by atoms with Gasteiger partial charge in [-0.25, -0.2) is 13.8 Å². The fraction of sp³-hybridized carbons (Fsp3) is 0.208. The molecular formula is C24H22BrFN4O5. The number of cyclic esters (lactones) is 1. The first-order chi connectivity index (χ1) is 16.3. The van der Waals surface area contributed by atoms with Crippen LogP contribution in [0.3, 0.4) is 0 Å². The van der Waals surface area contributed by atoms with E-state index in [1.54, 1.807) is 48.8 Å². The Bertz CT molecular complexity index is 1250. The number of carbonyl (C=O) groups is 2. The molecule has 1 aliphatic rings. The fourth-order valence-corrected chi connectivity index (χ4v) is 3.72. The smallest absolute Gasteiger partial charge is 0.414 e. The van der Waals surface area contributed by atoms with Crippen LogP contribution in [-0.2, 0) is 16.1 Å². The first kappa shape index (κ1) is 25.8. The molecule has 1 N–H and O–H groups in total. The number of nitro benzene ring substituents is 1. The summed E-state index contributed by atoms with van der Waals surface area (Å²) in [6.45, 7) is 2.21. The van der Waals surface area contributed by atoms with Crippen LogP contribution in [0.5, 0.6) is 0 Å². The van der Waals surface area contributed by atoms with Gasteiger partial charge in [0, 0.05) is 42.3 Å². The minimum atomic E-state index is -0.593. The summed E-state index contributed by atoms with van der Waals surface area (Å²) in [5.41, 5.74) is 2.19. The Morgan fingerprint density at radius 3 is 2.63 bits per heavy atom. The third-order valence-electron chi connectivity index (χ3n) is 5.41. The van der Waals surface area contributed by atoms with E-state index in [0.717, 1.165) is 5.56 Å². The number of non-ortho nitro benzene ring substituents is 1. The lowest BCUT2D eigenvalue weighted by molar-refractivity contribution is -0.688. The van der Waals surface area contributed by atoms with Crippen molar-refractivity contribution in [2.75, 3.05) is 18.0 Å². The van der Waals surface area contributed by atoms with Gasteiger partial charge in [0.15, 0.2) is 18.9 Å². The number of halogens is 2. The minimum absolute atomic E-state index is 0. The van der Waals surface area contributed by atoms with Gasteiger partial charge < -0.3 is 27.0 Å². The van der Waals surface area contributed by atoms with Gasteiger partial charge in [0.25, 0.3) is 5.69 Å². The predicted octanol–water partition coefficient (Wildman–Crippen LogP) is 0.202. The molecule has 0 bridgehead atoms. The lowest BCUT2D eigenvalue weighted by Gasteiger charge is -2.14. The quantitative estimate of drug-likeness (QED) is 0.260. The van der Waals surface area contributed by atoms with E-state index in [-0.39, 0.29) is 41.7 Å². The third kappa shape index (κ3) is 6.18. The van der Waals surface area contributed by atoms with Crippen LogP contribution in [-0.4, -0.2) is 36.1 Å². The number of pyridine rings is 1. The van der Waals surface area contributed by atoms with Crippen LogP contribution in [0.25, 0.3) is 11.1 Å². The van der Waals surface area contributed by atoms with Crippen molar-refractivity contribution >= 4 is 23.4 Å². The van der Waals surface area contributed by atoms with E-state index in [1.807, 2.05) is 4.57 Å². The molecule has 1 aromatic heterocycles. The van der Waals surface area contributed by atoms with Crippen LogP contribution in [0.2, 0.25) is 0 Å². The van der Waals surface area contributed by atoms with Gasteiger partial charge in [0.05, 0.1) is 23.7 Å². The van der Waals surface area contributed by atoms with E-state index >= 15 is 0 Å². The molecule has 3 aromatic rings. The molecular weight excluding hydrogens is 523 g/mol. The standard InChI is InChI=1S/C24H21FN4O5.BrH/c1-16(30)26-13-21-15-28(24(31)34-21)19-5-6-22(23(25)12-19)18-7-9-27(10-8-18)14-17-3-2-4-20(11-17)29(32)33;/h2-12,21H,13-15H2,1H3;1H. The number of aromatic nitrogens is 1. The Kier molecular flexibility index (Phi) is 8.13. The second-order valence-electron chi connectivity index (χ2n) is 7.90. The number of hydrogen-bond acceptors (Lipinski definition) is 5. The highest BCUT2D eigenvalue weighted by Gasteiger charge is 2.32. The Balaban J connectivity index is 0.00000342. The summed E-state index contributed by atoms with van der Waals surface area (Å²) < 4.78 is 22.0. The average molecular weight is 545 g/mol. The number of amides is 2. The normalized spacial score (nSPS) is 14.7. The number of carbonyl (C=O) groups excluding carboxylic acids is 2. The fourth-order valence-electron chi connectivity index (χ4n) is 3.72. The minimum Gasteiger partial charge on any atom is -1.00 e. The van der Waals surface area contributed by atoms with E-state index < -0.39 is 22.9 Å². The van der Waals surface area contributed by atoms with Gasteiger partial charge in [-0.1, -0.05) is 12.1 Å². The van der Waals surface area contributed by atoms with Crippen molar-refractivity contribution in [3.8, 4) is 11.1 Å². The molecule has 1 atom stereocenters. The molecule has 182 valence electrons. The molecule has 9 nitrogen and oxygen atoms in total. The van der Waals surface area contributed by atoms with Crippen molar-refractivity contribution in [2.45, 2.75) is 19.6 Å². The molecule has 0 radical (unpaired) electrons. The number of ether oxygens (including phenoxy) is 1. The number of nitrogens with zero attached hydrogens (tertiary/aromatic N) is 3. The molecule has 1 unspecified atom stereocenters. The molecule has 0 spiro atoms. The van der Waals surface area contributed by atoms with Crippen molar-refractivity contribution in [1.82, 2.24) is 5.32 Å². The maximum absolute atomic E-state index is 14.9. The van der Waals surface area contributed by atoms with E-state index in [9.17, 15) is 24.1 Å². The Morgan fingerprint density at radius 2 is 1.97 bits per heavy atom. The zero-order valence-corrected chi connectivity index (χ0v) is 20.3. The van der Waals surface area contributed by atoms with Gasteiger partial charge in [-0.05, 0) is 23.8 Å². The van der Waals surface area contributed by atoms with Crippen molar-refractivity contribution in [2.24, 2.45) is 0 Å². The molecule has 2 heterocycles. The second-order valence-corrected chi connectivity index (χ2v) is 7.90. The highest BCUT2D eigenvalue weighted by atomic mass is 79.9. The summed E-state index contributed by atoms with van der Waals surface area (Å²) >= 11 is 0. The molecule has 1 saturated heterocycles. The van der Waals surface area contributed by atoms with Crippen molar-refractivity contribution in [3.63, 3.8) is 0 Å². The summed E-state index contributed by atoms with van der Waals surface area (Å²) in [6, 6.07) is 14.4. The molecule has 11 heteroatoms. The van der Waals surface area contributed by atoms with Gasteiger partial charge in [0.1, 0.15) is 11.9 Å². The van der Waals surface area contributed by atoms with E-state index in [1.165, 1.54) is 30.0 Å². The van der Waals surface area contributed by atoms with E-state index in [0.29, 0.717) is 23.4 Å². The Morgan fingerprint density at radius 1 is 1.23 bits per heavy atom. The zero-order valence-electron chi connectivity index (χ0n) is 18.7. The van der Waals surface area contributed by atoms with Crippen molar-refractivity contribution < 1.29 is 45.2 Å².